The van der Waals surface area contributed by atoms with E-state index in [1.54, 1.807) is 36.5 Å². The number of hydrogen-bond acceptors (Lipinski definition) is 4. The molecule has 0 aliphatic rings. The van der Waals surface area contributed by atoms with Crippen LogP contribution in [0.25, 0.3) is 0 Å². The summed E-state index contributed by atoms with van der Waals surface area (Å²) >= 11 is 0. The molecule has 100 valence electrons. The first-order valence-corrected chi connectivity index (χ1v) is 5.96. The van der Waals surface area contributed by atoms with Crippen LogP contribution in [0, 0.1) is 18.3 Å². The Kier molecular flexibility index (Phi) is 3.96. The van der Waals surface area contributed by atoms with Crippen LogP contribution in [-0.2, 0) is 0 Å². The first-order chi connectivity index (χ1) is 9.63. The van der Waals surface area contributed by atoms with Gasteiger partial charge in [-0.3, -0.25) is 9.78 Å². The van der Waals surface area contributed by atoms with Crippen LogP contribution in [0.5, 0.6) is 5.75 Å². The smallest absolute Gasteiger partial charge is 0.255 e. The summed E-state index contributed by atoms with van der Waals surface area (Å²) in [5.74, 6) is 0.196. The Balaban J connectivity index is 2.26. The molecule has 1 heterocycles. The Morgan fingerprint density at radius 2 is 2.15 bits per heavy atom. The van der Waals surface area contributed by atoms with Gasteiger partial charge in [0.1, 0.15) is 5.75 Å². The molecular formula is C15H13N3O2. The summed E-state index contributed by atoms with van der Waals surface area (Å²) in [5, 5.41) is 11.6. The van der Waals surface area contributed by atoms with E-state index in [1.165, 1.54) is 7.11 Å². The number of ether oxygens (including phenoxy) is 1. The van der Waals surface area contributed by atoms with Crippen molar-refractivity contribution in [2.45, 2.75) is 6.92 Å². The van der Waals surface area contributed by atoms with Gasteiger partial charge in [-0.1, -0.05) is 0 Å². The zero-order valence-corrected chi connectivity index (χ0v) is 11.2. The van der Waals surface area contributed by atoms with E-state index in [9.17, 15) is 4.79 Å². The van der Waals surface area contributed by atoms with Gasteiger partial charge in [-0.05, 0) is 31.2 Å². The first kappa shape index (κ1) is 13.6. The van der Waals surface area contributed by atoms with Crippen molar-refractivity contribution in [2.24, 2.45) is 0 Å². The Bertz CT molecular complexity index is 690. The molecule has 5 heteroatoms. The number of benzene rings is 1. The number of anilines is 1. The van der Waals surface area contributed by atoms with Crippen LogP contribution in [0.2, 0.25) is 0 Å². The lowest BCUT2D eigenvalue weighted by molar-refractivity contribution is 0.102. The zero-order valence-electron chi connectivity index (χ0n) is 11.2. The molecule has 0 atom stereocenters. The second kappa shape index (κ2) is 5.85. The highest BCUT2D eigenvalue weighted by Gasteiger charge is 2.10. The summed E-state index contributed by atoms with van der Waals surface area (Å²) in [6, 6.07) is 10.2. The molecule has 1 aromatic heterocycles. The highest BCUT2D eigenvalue weighted by molar-refractivity contribution is 6.05. The predicted molar refractivity (Wildman–Crippen MR) is 74.6 cm³/mol. The predicted octanol–water partition coefficient (Wildman–Crippen LogP) is 2.52. The molecule has 0 radical (unpaired) electrons. The van der Waals surface area contributed by atoms with E-state index < -0.39 is 0 Å². The van der Waals surface area contributed by atoms with Crippen molar-refractivity contribution < 1.29 is 9.53 Å². The highest BCUT2D eigenvalue weighted by Crippen LogP contribution is 2.25. The molecule has 0 bridgehead atoms. The number of amides is 1. The Labute approximate surface area is 116 Å². The minimum absolute atomic E-state index is 0.251. The van der Waals surface area contributed by atoms with Gasteiger partial charge in [0.15, 0.2) is 0 Å². The van der Waals surface area contributed by atoms with Gasteiger partial charge in [0, 0.05) is 23.5 Å². The largest absolute Gasteiger partial charge is 0.495 e. The van der Waals surface area contributed by atoms with E-state index in [0.717, 1.165) is 5.69 Å². The van der Waals surface area contributed by atoms with Crippen molar-refractivity contribution in [3.8, 4) is 11.8 Å². The lowest BCUT2D eigenvalue weighted by atomic mass is 10.2. The zero-order chi connectivity index (χ0) is 14.5. The summed E-state index contributed by atoms with van der Waals surface area (Å²) in [4.78, 5) is 16.2. The van der Waals surface area contributed by atoms with Gasteiger partial charge in [-0.25, -0.2) is 0 Å². The van der Waals surface area contributed by atoms with E-state index in [1.807, 2.05) is 13.0 Å². The van der Waals surface area contributed by atoms with Gasteiger partial charge in [0.25, 0.3) is 5.91 Å². The van der Waals surface area contributed by atoms with Crippen LogP contribution in [0.1, 0.15) is 21.6 Å². The van der Waals surface area contributed by atoms with Crippen molar-refractivity contribution in [1.82, 2.24) is 4.98 Å². The summed E-state index contributed by atoms with van der Waals surface area (Å²) in [5.41, 5.74) is 2.28. The maximum absolute atomic E-state index is 12.1. The van der Waals surface area contributed by atoms with E-state index >= 15 is 0 Å². The fraction of sp³-hybridized carbons (Fsp3) is 0.133. The topological polar surface area (TPSA) is 75.0 Å². The van der Waals surface area contributed by atoms with Gasteiger partial charge in [0.05, 0.1) is 24.4 Å². The number of carbonyl (C=O) groups excluding carboxylic acids is 1. The average Bonchev–Trinajstić information content (AvgIpc) is 2.47. The monoisotopic (exact) mass is 267 g/mol. The number of methoxy groups -OCH3 is 1. The van der Waals surface area contributed by atoms with E-state index in [0.29, 0.717) is 22.6 Å². The molecule has 0 aliphatic heterocycles. The van der Waals surface area contributed by atoms with Gasteiger partial charge in [0.2, 0.25) is 0 Å². The molecule has 0 unspecified atom stereocenters. The number of nitrogens with zero attached hydrogens (tertiary/aromatic N) is 2. The number of carbonyl (C=O) groups is 1. The summed E-state index contributed by atoms with van der Waals surface area (Å²) in [7, 11) is 1.49. The summed E-state index contributed by atoms with van der Waals surface area (Å²) in [6.45, 7) is 1.82. The Morgan fingerprint density at radius 3 is 2.80 bits per heavy atom. The van der Waals surface area contributed by atoms with Gasteiger partial charge < -0.3 is 10.1 Å². The molecule has 2 aromatic rings. The molecule has 1 N–H and O–H groups in total. The standard InChI is InChI=1S/C15H13N3O2/c1-10-7-12(5-6-17-10)15(19)18-13-4-3-11(9-16)8-14(13)20-2/h3-8H,1-2H3,(H,18,19). The van der Waals surface area contributed by atoms with Crippen LogP contribution >= 0.6 is 0 Å². The molecule has 20 heavy (non-hydrogen) atoms. The molecular weight excluding hydrogens is 254 g/mol. The van der Waals surface area contributed by atoms with E-state index in [4.69, 9.17) is 10.00 Å². The Morgan fingerprint density at radius 1 is 1.35 bits per heavy atom. The maximum Gasteiger partial charge on any atom is 0.255 e. The molecule has 1 aromatic carbocycles. The molecule has 0 fully saturated rings. The number of hydrogen-bond donors (Lipinski definition) is 1. The fourth-order valence-corrected chi connectivity index (χ4v) is 1.75. The third-order valence-corrected chi connectivity index (χ3v) is 2.74. The summed E-state index contributed by atoms with van der Waals surface area (Å²) in [6.07, 6.45) is 1.58. The second-order valence-electron chi connectivity index (χ2n) is 4.17. The van der Waals surface area contributed by atoms with Crippen molar-refractivity contribution in [1.29, 1.82) is 5.26 Å². The molecule has 5 nitrogen and oxygen atoms in total. The molecule has 1 amide bonds. The summed E-state index contributed by atoms with van der Waals surface area (Å²) < 4.78 is 5.17. The van der Waals surface area contributed by atoms with Crippen molar-refractivity contribution >= 4 is 11.6 Å². The van der Waals surface area contributed by atoms with Crippen LogP contribution in [-0.4, -0.2) is 18.0 Å². The lowest BCUT2D eigenvalue weighted by Crippen LogP contribution is -2.13. The minimum atomic E-state index is -0.251. The highest BCUT2D eigenvalue weighted by atomic mass is 16.5. The van der Waals surface area contributed by atoms with Gasteiger partial charge in [-0.15, -0.1) is 0 Å². The van der Waals surface area contributed by atoms with Gasteiger partial charge >= 0.3 is 0 Å². The first-order valence-electron chi connectivity index (χ1n) is 5.96. The van der Waals surface area contributed by atoms with Crippen LogP contribution in [0.4, 0.5) is 5.69 Å². The fourth-order valence-electron chi connectivity index (χ4n) is 1.75. The number of aromatic nitrogens is 1. The molecule has 0 saturated heterocycles. The van der Waals surface area contributed by atoms with Crippen LogP contribution in [0.15, 0.2) is 36.5 Å². The molecule has 2 rings (SSSR count). The quantitative estimate of drug-likeness (QED) is 0.927. The lowest BCUT2D eigenvalue weighted by Gasteiger charge is -2.10. The third-order valence-electron chi connectivity index (χ3n) is 2.74. The Hall–Kier alpha value is -2.87. The minimum Gasteiger partial charge on any atom is -0.495 e. The number of pyridine rings is 1. The van der Waals surface area contributed by atoms with Gasteiger partial charge in [-0.2, -0.15) is 5.26 Å². The van der Waals surface area contributed by atoms with Crippen molar-refractivity contribution in [3.63, 3.8) is 0 Å². The number of aryl methyl sites for hydroxylation is 1. The third kappa shape index (κ3) is 2.93. The SMILES string of the molecule is COc1cc(C#N)ccc1NC(=O)c1ccnc(C)c1. The van der Waals surface area contributed by atoms with Crippen LogP contribution < -0.4 is 10.1 Å². The van der Waals surface area contributed by atoms with Crippen LogP contribution in [0.3, 0.4) is 0 Å². The van der Waals surface area contributed by atoms with E-state index in [2.05, 4.69) is 10.3 Å². The second-order valence-corrected chi connectivity index (χ2v) is 4.17. The molecule has 0 aliphatic carbocycles. The molecule has 0 saturated carbocycles. The van der Waals surface area contributed by atoms with Crippen molar-refractivity contribution in [3.05, 3.63) is 53.3 Å². The maximum atomic E-state index is 12.1. The normalized spacial score (nSPS) is 9.65. The number of rotatable bonds is 3. The number of nitrogens with one attached hydrogen (secondary N) is 1. The van der Waals surface area contributed by atoms with E-state index in [-0.39, 0.29) is 5.91 Å². The van der Waals surface area contributed by atoms with Crippen molar-refractivity contribution in [2.75, 3.05) is 12.4 Å². The number of nitriles is 1. The molecule has 0 spiro atoms. The average molecular weight is 267 g/mol.